The monoisotopic (exact) mass is 311 g/mol. The lowest BCUT2D eigenvalue weighted by Crippen LogP contribution is -2.34. The van der Waals surface area contributed by atoms with Crippen molar-refractivity contribution in [1.29, 1.82) is 0 Å². The molecule has 1 fully saturated rings. The number of hydrogen-bond acceptors (Lipinski definition) is 5. The molecule has 0 unspecified atom stereocenters. The topological polar surface area (TPSA) is 45.2 Å². The second-order valence-corrected chi connectivity index (χ2v) is 6.41. The van der Waals surface area contributed by atoms with Gasteiger partial charge in [0, 0.05) is 45.3 Å². The average molecular weight is 311 g/mol. The Labute approximate surface area is 138 Å². The van der Waals surface area contributed by atoms with Crippen LogP contribution in [0.1, 0.15) is 25.3 Å². The molecule has 0 saturated carbocycles. The highest BCUT2D eigenvalue weighted by Gasteiger charge is 2.18. The summed E-state index contributed by atoms with van der Waals surface area (Å²) in [5, 5.41) is 0. The molecule has 1 aliphatic rings. The maximum absolute atomic E-state index is 4.76. The van der Waals surface area contributed by atoms with Crippen molar-refractivity contribution in [2.75, 3.05) is 36.5 Å². The lowest BCUT2D eigenvalue weighted by atomic mass is 10.00. The number of pyridine rings is 1. The molecule has 2 aromatic rings. The van der Waals surface area contributed by atoms with E-state index in [9.17, 15) is 0 Å². The van der Waals surface area contributed by atoms with E-state index in [4.69, 9.17) is 4.98 Å². The van der Waals surface area contributed by atoms with Gasteiger partial charge in [0.25, 0.3) is 0 Å². The summed E-state index contributed by atoms with van der Waals surface area (Å²) in [7, 11) is 2.09. The summed E-state index contributed by atoms with van der Waals surface area (Å²) in [6.07, 6.45) is 9.00. The van der Waals surface area contributed by atoms with Crippen LogP contribution in [0.5, 0.6) is 0 Å². The summed E-state index contributed by atoms with van der Waals surface area (Å²) in [6, 6.07) is 6.12. The standard InChI is InChI=1S/C18H25N5/c1-15-6-13-23(14-7-15)18-20-11-5-17(21-18)22(2)12-8-16-3-9-19-10-4-16/h3-5,9-11,15H,6-8,12-14H2,1-2H3. The van der Waals surface area contributed by atoms with Gasteiger partial charge in [-0.2, -0.15) is 4.98 Å². The molecule has 5 nitrogen and oxygen atoms in total. The molecule has 23 heavy (non-hydrogen) atoms. The van der Waals surface area contributed by atoms with Crippen molar-refractivity contribution in [3.05, 3.63) is 42.4 Å². The van der Waals surface area contributed by atoms with Crippen molar-refractivity contribution in [3.8, 4) is 0 Å². The van der Waals surface area contributed by atoms with Gasteiger partial charge in [0.15, 0.2) is 0 Å². The minimum absolute atomic E-state index is 0.817. The predicted octanol–water partition coefficient (Wildman–Crippen LogP) is 2.79. The molecule has 0 atom stereocenters. The molecule has 5 heteroatoms. The zero-order chi connectivity index (χ0) is 16.1. The molecule has 3 heterocycles. The van der Waals surface area contributed by atoms with Crippen LogP contribution < -0.4 is 9.80 Å². The fraction of sp³-hybridized carbons (Fsp3) is 0.500. The van der Waals surface area contributed by atoms with Gasteiger partial charge in [-0.05, 0) is 48.9 Å². The quantitative estimate of drug-likeness (QED) is 0.849. The smallest absolute Gasteiger partial charge is 0.227 e. The highest BCUT2D eigenvalue weighted by atomic mass is 15.3. The minimum Gasteiger partial charge on any atom is -0.359 e. The first kappa shape index (κ1) is 15.7. The Bertz CT molecular complexity index is 608. The summed E-state index contributed by atoms with van der Waals surface area (Å²) in [4.78, 5) is 17.8. The molecule has 1 aliphatic heterocycles. The molecular formula is C18H25N5. The maximum atomic E-state index is 4.76. The largest absolute Gasteiger partial charge is 0.359 e. The predicted molar refractivity (Wildman–Crippen MR) is 93.9 cm³/mol. The van der Waals surface area contributed by atoms with Crippen molar-refractivity contribution in [3.63, 3.8) is 0 Å². The van der Waals surface area contributed by atoms with Crippen molar-refractivity contribution in [2.24, 2.45) is 5.92 Å². The van der Waals surface area contributed by atoms with Gasteiger partial charge in [0.05, 0.1) is 0 Å². The summed E-state index contributed by atoms with van der Waals surface area (Å²) in [5.41, 5.74) is 1.30. The zero-order valence-electron chi connectivity index (χ0n) is 14.0. The Morgan fingerprint density at radius 3 is 2.61 bits per heavy atom. The number of nitrogens with zero attached hydrogens (tertiary/aromatic N) is 5. The van der Waals surface area contributed by atoms with Crippen LogP contribution in [0.3, 0.4) is 0 Å². The summed E-state index contributed by atoms with van der Waals surface area (Å²) >= 11 is 0. The lowest BCUT2D eigenvalue weighted by molar-refractivity contribution is 0.434. The molecular weight excluding hydrogens is 286 g/mol. The molecule has 0 bridgehead atoms. The van der Waals surface area contributed by atoms with Gasteiger partial charge in [-0.25, -0.2) is 4.98 Å². The number of hydrogen-bond donors (Lipinski definition) is 0. The average Bonchev–Trinajstić information content (AvgIpc) is 2.61. The number of rotatable bonds is 5. The van der Waals surface area contributed by atoms with E-state index in [2.05, 4.69) is 45.9 Å². The van der Waals surface area contributed by atoms with E-state index in [1.807, 2.05) is 24.7 Å². The fourth-order valence-electron chi connectivity index (χ4n) is 2.87. The van der Waals surface area contributed by atoms with Crippen molar-refractivity contribution < 1.29 is 0 Å². The van der Waals surface area contributed by atoms with Crippen LogP contribution >= 0.6 is 0 Å². The third-order valence-corrected chi connectivity index (χ3v) is 4.57. The summed E-state index contributed by atoms with van der Waals surface area (Å²) in [5.74, 6) is 2.67. The highest BCUT2D eigenvalue weighted by molar-refractivity contribution is 5.43. The Morgan fingerprint density at radius 1 is 1.13 bits per heavy atom. The Morgan fingerprint density at radius 2 is 1.87 bits per heavy atom. The zero-order valence-corrected chi connectivity index (χ0v) is 14.0. The van der Waals surface area contributed by atoms with Crippen molar-refractivity contribution >= 4 is 11.8 Å². The molecule has 0 N–H and O–H groups in total. The molecule has 0 radical (unpaired) electrons. The van der Waals surface area contributed by atoms with Gasteiger partial charge in [0.2, 0.25) is 5.95 Å². The van der Waals surface area contributed by atoms with Crippen LogP contribution in [0.4, 0.5) is 11.8 Å². The van der Waals surface area contributed by atoms with Gasteiger partial charge in [-0.3, -0.25) is 4.98 Å². The van der Waals surface area contributed by atoms with E-state index < -0.39 is 0 Å². The van der Waals surface area contributed by atoms with Crippen LogP contribution in [-0.4, -0.2) is 41.6 Å². The van der Waals surface area contributed by atoms with E-state index in [1.54, 1.807) is 0 Å². The molecule has 1 saturated heterocycles. The number of aromatic nitrogens is 3. The molecule has 0 spiro atoms. The molecule has 3 rings (SSSR count). The van der Waals surface area contributed by atoms with Crippen LogP contribution in [0.2, 0.25) is 0 Å². The lowest BCUT2D eigenvalue weighted by Gasteiger charge is -2.30. The van der Waals surface area contributed by atoms with Gasteiger partial charge < -0.3 is 9.80 Å². The van der Waals surface area contributed by atoms with Crippen LogP contribution in [0.25, 0.3) is 0 Å². The van der Waals surface area contributed by atoms with Crippen LogP contribution in [0.15, 0.2) is 36.8 Å². The van der Waals surface area contributed by atoms with E-state index in [1.165, 1.54) is 18.4 Å². The Hall–Kier alpha value is -2.17. The first-order valence-corrected chi connectivity index (χ1v) is 8.40. The molecule has 0 aromatic carbocycles. The highest BCUT2D eigenvalue weighted by Crippen LogP contribution is 2.21. The third kappa shape index (κ3) is 4.18. The molecule has 2 aromatic heterocycles. The van der Waals surface area contributed by atoms with Gasteiger partial charge in [0.1, 0.15) is 5.82 Å². The molecule has 122 valence electrons. The van der Waals surface area contributed by atoms with Gasteiger partial charge in [-0.15, -0.1) is 0 Å². The minimum atomic E-state index is 0.817. The number of piperidine rings is 1. The fourth-order valence-corrected chi connectivity index (χ4v) is 2.87. The van der Waals surface area contributed by atoms with Crippen LogP contribution in [-0.2, 0) is 6.42 Å². The van der Waals surface area contributed by atoms with E-state index in [0.29, 0.717) is 0 Å². The number of likely N-dealkylation sites (N-methyl/N-ethyl adjacent to an activating group) is 1. The second kappa shape index (κ2) is 7.40. The number of anilines is 2. The van der Waals surface area contributed by atoms with Gasteiger partial charge in [-0.1, -0.05) is 6.92 Å². The van der Waals surface area contributed by atoms with E-state index >= 15 is 0 Å². The first-order chi connectivity index (χ1) is 11.2. The molecule has 0 aliphatic carbocycles. The van der Waals surface area contributed by atoms with Crippen molar-refractivity contribution in [1.82, 2.24) is 15.0 Å². The Balaban J connectivity index is 1.62. The van der Waals surface area contributed by atoms with Crippen LogP contribution in [0, 0.1) is 5.92 Å². The SMILES string of the molecule is CC1CCN(c2nccc(N(C)CCc3ccncc3)n2)CC1. The van der Waals surface area contributed by atoms with E-state index in [0.717, 1.165) is 43.7 Å². The van der Waals surface area contributed by atoms with Crippen molar-refractivity contribution in [2.45, 2.75) is 26.2 Å². The molecule has 0 amide bonds. The summed E-state index contributed by atoms with van der Waals surface area (Å²) < 4.78 is 0. The first-order valence-electron chi connectivity index (χ1n) is 8.40. The third-order valence-electron chi connectivity index (χ3n) is 4.57. The summed E-state index contributed by atoms with van der Waals surface area (Å²) in [6.45, 7) is 5.37. The Kier molecular flexibility index (Phi) is 5.05. The second-order valence-electron chi connectivity index (χ2n) is 6.41. The maximum Gasteiger partial charge on any atom is 0.227 e. The normalized spacial score (nSPS) is 15.7. The van der Waals surface area contributed by atoms with E-state index in [-0.39, 0.29) is 0 Å². The van der Waals surface area contributed by atoms with Gasteiger partial charge >= 0.3 is 0 Å².